The van der Waals surface area contributed by atoms with Gasteiger partial charge in [-0.3, -0.25) is 9.40 Å². The number of anilines is 1. The molecule has 0 spiro atoms. The predicted octanol–water partition coefficient (Wildman–Crippen LogP) is -1.42. The second-order valence-electron chi connectivity index (χ2n) is 6.54. The van der Waals surface area contributed by atoms with E-state index in [1.54, 1.807) is 0 Å². The van der Waals surface area contributed by atoms with Gasteiger partial charge in [0, 0.05) is 6.20 Å². The van der Waals surface area contributed by atoms with Gasteiger partial charge in [-0.1, -0.05) is 13.8 Å². The van der Waals surface area contributed by atoms with Gasteiger partial charge in [-0.15, -0.1) is 0 Å². The van der Waals surface area contributed by atoms with E-state index in [1.165, 1.54) is 19.2 Å². The van der Waals surface area contributed by atoms with Crippen molar-refractivity contribution >= 4 is 12.1 Å². The van der Waals surface area contributed by atoms with Crippen LogP contribution in [0.15, 0.2) is 17.1 Å². The van der Waals surface area contributed by atoms with E-state index in [9.17, 15) is 19.8 Å². The van der Waals surface area contributed by atoms with Crippen LogP contribution >= 0.6 is 0 Å². The lowest BCUT2D eigenvalue weighted by atomic mass is 9.96. The molecule has 0 radical (unpaired) electrons. The van der Waals surface area contributed by atoms with Gasteiger partial charge in [0.15, 0.2) is 6.23 Å². The number of aldehydes is 1. The summed E-state index contributed by atoms with van der Waals surface area (Å²) in [5.74, 6) is -0.00474. The Bertz CT molecular complexity index is 662. The number of nitrogen functional groups attached to an aromatic ring is 1. The van der Waals surface area contributed by atoms with E-state index < -0.39 is 42.4 Å². The van der Waals surface area contributed by atoms with Crippen molar-refractivity contribution in [1.82, 2.24) is 15.0 Å². The number of nitrogens with one attached hydrogen (secondary N) is 1. The Balaban J connectivity index is 2.26. The molecule has 0 aromatic carbocycles. The number of carbonyl (C=O) groups is 1. The number of carbonyl (C=O) groups excluding carboxylic acids is 1. The van der Waals surface area contributed by atoms with E-state index in [4.69, 9.17) is 15.3 Å². The molecule has 0 amide bonds. The Hall–Kier alpha value is -1.85. The number of rotatable bonds is 7. The summed E-state index contributed by atoms with van der Waals surface area (Å²) in [6.45, 7) is 4.60. The van der Waals surface area contributed by atoms with E-state index in [1.807, 2.05) is 13.8 Å². The number of hydrogen-bond acceptors (Lipinski definition) is 9. The minimum atomic E-state index is -1.69. The average molecular weight is 356 g/mol. The van der Waals surface area contributed by atoms with E-state index in [0.29, 0.717) is 6.29 Å². The lowest BCUT2D eigenvalue weighted by molar-refractivity contribution is -0.152. The molecule has 10 heteroatoms. The molecule has 0 saturated carbocycles. The molecule has 5 atom stereocenters. The lowest BCUT2D eigenvalue weighted by Crippen LogP contribution is -2.51. The van der Waals surface area contributed by atoms with Crippen LogP contribution in [0.1, 0.15) is 27.0 Å². The fourth-order valence-corrected chi connectivity index (χ4v) is 2.65. The van der Waals surface area contributed by atoms with Crippen LogP contribution in [-0.4, -0.2) is 56.5 Å². The van der Waals surface area contributed by atoms with Gasteiger partial charge in [-0.25, -0.2) is 4.79 Å². The number of hydroxylamine groups is 1. The quantitative estimate of drug-likeness (QED) is 0.341. The van der Waals surface area contributed by atoms with Crippen LogP contribution in [0.5, 0.6) is 0 Å². The summed E-state index contributed by atoms with van der Waals surface area (Å²) in [7, 11) is 0. The summed E-state index contributed by atoms with van der Waals surface area (Å²) in [5.41, 5.74) is 5.65. The molecule has 0 aliphatic carbocycles. The highest BCUT2D eigenvalue weighted by molar-refractivity contribution is 5.57. The van der Waals surface area contributed by atoms with Gasteiger partial charge in [0.2, 0.25) is 0 Å². The van der Waals surface area contributed by atoms with Crippen LogP contribution in [0.25, 0.3) is 0 Å². The minimum absolute atomic E-state index is 0.0397. The van der Waals surface area contributed by atoms with Gasteiger partial charge in [0.25, 0.3) is 0 Å². The van der Waals surface area contributed by atoms with Gasteiger partial charge < -0.3 is 25.5 Å². The molecule has 140 valence electrons. The van der Waals surface area contributed by atoms with Crippen LogP contribution in [-0.2, 0) is 14.4 Å². The fraction of sp³-hybridized carbons (Fsp3) is 0.667. The molecule has 2 rings (SSSR count). The molecule has 1 aliphatic rings. The van der Waals surface area contributed by atoms with Crippen molar-refractivity contribution in [3.63, 3.8) is 0 Å². The van der Waals surface area contributed by atoms with Gasteiger partial charge in [0.05, 0.1) is 12.6 Å². The second-order valence-corrected chi connectivity index (χ2v) is 6.54. The van der Waals surface area contributed by atoms with Crippen molar-refractivity contribution in [3.8, 4) is 0 Å². The zero-order valence-electron chi connectivity index (χ0n) is 14.3. The van der Waals surface area contributed by atoms with E-state index in [0.717, 1.165) is 4.57 Å². The zero-order valence-corrected chi connectivity index (χ0v) is 14.3. The molecule has 25 heavy (non-hydrogen) atoms. The van der Waals surface area contributed by atoms with Crippen molar-refractivity contribution in [1.29, 1.82) is 0 Å². The van der Waals surface area contributed by atoms with Gasteiger partial charge in [0.1, 0.15) is 29.9 Å². The molecule has 10 nitrogen and oxygen atoms in total. The number of ether oxygens (including phenoxy) is 1. The highest BCUT2D eigenvalue weighted by Gasteiger charge is 2.55. The van der Waals surface area contributed by atoms with Crippen molar-refractivity contribution in [2.24, 2.45) is 5.92 Å². The third-order valence-corrected chi connectivity index (χ3v) is 4.20. The maximum atomic E-state index is 12.0. The Morgan fingerprint density at radius 2 is 2.28 bits per heavy atom. The summed E-state index contributed by atoms with van der Waals surface area (Å²) in [6.07, 6.45) is -1.07. The first-order chi connectivity index (χ1) is 11.7. The molecule has 1 saturated heterocycles. The monoisotopic (exact) mass is 356 g/mol. The van der Waals surface area contributed by atoms with Gasteiger partial charge >= 0.3 is 5.69 Å². The number of nitrogens with zero attached hydrogens (tertiary/aromatic N) is 2. The number of hydrogen-bond donors (Lipinski definition) is 4. The van der Waals surface area contributed by atoms with E-state index >= 15 is 0 Å². The first-order valence-corrected chi connectivity index (χ1v) is 7.92. The summed E-state index contributed by atoms with van der Waals surface area (Å²) in [6, 6.07) is 0.790. The van der Waals surface area contributed by atoms with Crippen LogP contribution in [0.3, 0.4) is 0 Å². The van der Waals surface area contributed by atoms with E-state index in [-0.39, 0.29) is 11.7 Å². The smallest absolute Gasteiger partial charge is 0.351 e. The number of aromatic nitrogens is 2. The first-order valence-electron chi connectivity index (χ1n) is 7.92. The predicted molar refractivity (Wildman–Crippen MR) is 87.2 cm³/mol. The highest BCUT2D eigenvalue weighted by Crippen LogP contribution is 2.38. The van der Waals surface area contributed by atoms with Gasteiger partial charge in [-0.2, -0.15) is 10.5 Å². The SMILES string of the molecule is CC(C)[C@H](C=O)NOC1C(CO)OC(n2ccc(N)nc2=O)C1(C)O. The van der Waals surface area contributed by atoms with E-state index in [2.05, 4.69) is 10.5 Å². The second kappa shape index (κ2) is 7.58. The molecule has 1 aliphatic heterocycles. The van der Waals surface area contributed by atoms with Crippen molar-refractivity contribution in [2.75, 3.05) is 12.3 Å². The lowest BCUT2D eigenvalue weighted by Gasteiger charge is -2.31. The molecule has 1 fully saturated rings. The Morgan fingerprint density at radius 3 is 2.80 bits per heavy atom. The highest BCUT2D eigenvalue weighted by atomic mass is 16.7. The maximum Gasteiger partial charge on any atom is 0.351 e. The van der Waals surface area contributed by atoms with Crippen molar-refractivity contribution in [2.45, 2.75) is 50.8 Å². The Kier molecular flexibility index (Phi) is 5.91. The normalized spacial score (nSPS) is 30.6. The average Bonchev–Trinajstić information content (AvgIpc) is 2.78. The largest absolute Gasteiger partial charge is 0.394 e. The topological polar surface area (TPSA) is 149 Å². The standard InChI is InChI=1S/C15H24N4O6/c1-8(2)9(6-20)18-25-12-10(7-21)24-13(15(12,3)23)19-5-4-11(16)17-14(19)22/h4-6,8-10,12-13,18,21,23H,7H2,1-3H3,(H2,16,17,22)/t9-,10?,12?,13?,15?/m0/s1. The molecule has 2 heterocycles. The van der Waals surface area contributed by atoms with Crippen LogP contribution in [0, 0.1) is 5.92 Å². The fourth-order valence-electron chi connectivity index (χ4n) is 2.65. The molecule has 4 unspecified atom stereocenters. The number of nitrogens with two attached hydrogens (primary N) is 1. The summed E-state index contributed by atoms with van der Waals surface area (Å²) < 4.78 is 6.67. The van der Waals surface area contributed by atoms with Crippen LogP contribution in [0.4, 0.5) is 5.82 Å². The zero-order chi connectivity index (χ0) is 18.8. The van der Waals surface area contributed by atoms with Crippen LogP contribution in [0.2, 0.25) is 0 Å². The van der Waals surface area contributed by atoms with Crippen LogP contribution < -0.4 is 16.9 Å². The van der Waals surface area contributed by atoms with Crippen molar-refractivity contribution < 1.29 is 24.6 Å². The minimum Gasteiger partial charge on any atom is -0.394 e. The maximum absolute atomic E-state index is 12.0. The number of aliphatic hydroxyl groups is 2. The molecule has 0 bridgehead atoms. The third-order valence-electron chi connectivity index (χ3n) is 4.20. The van der Waals surface area contributed by atoms with Gasteiger partial charge in [-0.05, 0) is 18.9 Å². The summed E-state index contributed by atoms with van der Waals surface area (Å²) >= 11 is 0. The third kappa shape index (κ3) is 3.88. The molecule has 1 aromatic rings. The molecule has 1 aromatic heterocycles. The first kappa shape index (κ1) is 19.5. The Labute approximate surface area is 144 Å². The molecule has 5 N–H and O–H groups in total. The summed E-state index contributed by atoms with van der Waals surface area (Å²) in [5, 5.41) is 20.4. The summed E-state index contributed by atoms with van der Waals surface area (Å²) in [4.78, 5) is 32.2. The van der Waals surface area contributed by atoms with Crippen molar-refractivity contribution in [3.05, 3.63) is 22.7 Å². The number of aliphatic hydroxyl groups excluding tert-OH is 1. The molecular weight excluding hydrogens is 332 g/mol. The molecular formula is C15H24N4O6. The Morgan fingerprint density at radius 1 is 1.60 bits per heavy atom.